The van der Waals surface area contributed by atoms with E-state index in [1.165, 1.54) is 20.9 Å². The molecule has 0 N–H and O–H groups in total. The molecule has 1 unspecified atom stereocenters. The van der Waals surface area contributed by atoms with Crippen molar-refractivity contribution in [3.05, 3.63) is 62.9 Å². The second-order valence-electron chi connectivity index (χ2n) is 9.00. The molecule has 6 heteroatoms. The monoisotopic (exact) mass is 450 g/mol. The zero-order chi connectivity index (χ0) is 22.8. The number of rotatable bonds is 7. The number of amides is 1. The Morgan fingerprint density at radius 1 is 1.28 bits per heavy atom. The van der Waals surface area contributed by atoms with E-state index in [2.05, 4.69) is 44.7 Å². The van der Waals surface area contributed by atoms with Gasteiger partial charge in [-0.1, -0.05) is 20.8 Å². The number of carbonyl (C=O) groups is 1. The Kier molecular flexibility index (Phi) is 6.79. The van der Waals surface area contributed by atoms with Gasteiger partial charge in [0.1, 0.15) is 0 Å². The summed E-state index contributed by atoms with van der Waals surface area (Å²) >= 11 is 1.89. The number of anilines is 1. The van der Waals surface area contributed by atoms with Crippen LogP contribution >= 0.6 is 11.3 Å². The molecule has 0 radical (unpaired) electrons. The predicted octanol–water partition coefficient (Wildman–Crippen LogP) is 6.01. The molecule has 1 atom stereocenters. The van der Waals surface area contributed by atoms with E-state index in [-0.39, 0.29) is 11.8 Å². The number of nitrogens with zero attached hydrogens (tertiary/aromatic N) is 4. The van der Waals surface area contributed by atoms with Gasteiger partial charge in [-0.25, -0.2) is 0 Å². The fraction of sp³-hybridized carbons (Fsp3) is 0.500. The molecule has 3 aromatic heterocycles. The largest absolute Gasteiger partial charge is 0.306 e. The lowest BCUT2D eigenvalue weighted by atomic mass is 9.83. The summed E-state index contributed by atoms with van der Waals surface area (Å²) < 4.78 is 1.91. The Balaban J connectivity index is 1.72. The van der Waals surface area contributed by atoms with Crippen molar-refractivity contribution in [3.63, 3.8) is 0 Å². The van der Waals surface area contributed by atoms with Gasteiger partial charge in [0.05, 0.1) is 30.5 Å². The summed E-state index contributed by atoms with van der Waals surface area (Å²) in [5.41, 5.74) is 5.64. The van der Waals surface area contributed by atoms with Gasteiger partial charge in [0, 0.05) is 33.8 Å². The molecule has 3 heterocycles. The zero-order valence-corrected chi connectivity index (χ0v) is 20.7. The molecule has 0 aliphatic heterocycles. The Morgan fingerprint density at radius 2 is 2.09 bits per heavy atom. The van der Waals surface area contributed by atoms with Crippen molar-refractivity contribution in [2.24, 2.45) is 0 Å². The number of thiophene rings is 1. The number of fused-ring (bicyclic) bond motifs is 1. The predicted molar refractivity (Wildman–Crippen MR) is 132 cm³/mol. The highest BCUT2D eigenvalue weighted by Crippen LogP contribution is 2.42. The summed E-state index contributed by atoms with van der Waals surface area (Å²) in [6, 6.07) is 4.10. The average molecular weight is 451 g/mol. The molecule has 0 saturated carbocycles. The summed E-state index contributed by atoms with van der Waals surface area (Å²) in [4.78, 5) is 23.5. The average Bonchev–Trinajstić information content (AvgIpc) is 3.39. The maximum atomic E-state index is 14.1. The van der Waals surface area contributed by atoms with Gasteiger partial charge in [-0.05, 0) is 68.7 Å². The topological polar surface area (TPSA) is 51.0 Å². The molecular formula is C26H34N4OS. The molecular weight excluding hydrogens is 416 g/mol. The zero-order valence-electron chi connectivity index (χ0n) is 19.9. The van der Waals surface area contributed by atoms with Crippen molar-refractivity contribution in [3.8, 4) is 0 Å². The van der Waals surface area contributed by atoms with Gasteiger partial charge in [0.2, 0.25) is 5.91 Å². The third-order valence-corrected chi connectivity index (χ3v) is 7.74. The highest BCUT2D eigenvalue weighted by Gasteiger charge is 2.34. The van der Waals surface area contributed by atoms with E-state index in [1.807, 2.05) is 51.6 Å². The third kappa shape index (κ3) is 4.38. The number of carbonyl (C=O) groups excluding carboxylic acids is 1. The van der Waals surface area contributed by atoms with Crippen LogP contribution in [0.15, 0.2) is 30.7 Å². The van der Waals surface area contributed by atoms with Gasteiger partial charge in [-0.3, -0.25) is 14.5 Å². The lowest BCUT2D eigenvalue weighted by Crippen LogP contribution is -2.36. The first kappa shape index (κ1) is 22.7. The van der Waals surface area contributed by atoms with Crippen LogP contribution in [0, 0.1) is 6.92 Å². The van der Waals surface area contributed by atoms with Gasteiger partial charge in [-0.2, -0.15) is 5.10 Å². The van der Waals surface area contributed by atoms with Crippen LogP contribution in [0.4, 0.5) is 5.69 Å². The van der Waals surface area contributed by atoms with Crippen LogP contribution in [-0.2, 0) is 30.7 Å². The SMILES string of the molecule is CCc1c(C)sc2c1C(C(=O)N(Cc1cnn(CC)c1)c1ccc(C(C)C)nc1)CCC2. The van der Waals surface area contributed by atoms with E-state index in [1.54, 1.807) is 0 Å². The number of hydrogen-bond donors (Lipinski definition) is 0. The molecule has 0 bridgehead atoms. The summed E-state index contributed by atoms with van der Waals surface area (Å²) in [5.74, 6) is 0.462. The third-order valence-electron chi connectivity index (χ3n) is 6.51. The van der Waals surface area contributed by atoms with Crippen molar-refractivity contribution < 1.29 is 4.79 Å². The summed E-state index contributed by atoms with van der Waals surface area (Å²) in [7, 11) is 0. The molecule has 32 heavy (non-hydrogen) atoms. The normalized spacial score (nSPS) is 15.8. The van der Waals surface area contributed by atoms with Gasteiger partial charge < -0.3 is 4.90 Å². The van der Waals surface area contributed by atoms with Crippen molar-refractivity contribution in [2.45, 2.75) is 85.2 Å². The van der Waals surface area contributed by atoms with Crippen LogP contribution in [0.3, 0.4) is 0 Å². The van der Waals surface area contributed by atoms with E-state index in [0.717, 1.165) is 49.2 Å². The highest BCUT2D eigenvalue weighted by molar-refractivity contribution is 7.12. The van der Waals surface area contributed by atoms with Crippen LogP contribution in [0.2, 0.25) is 0 Å². The maximum Gasteiger partial charge on any atom is 0.234 e. The minimum atomic E-state index is -0.0790. The second kappa shape index (κ2) is 9.57. The first-order valence-electron chi connectivity index (χ1n) is 11.8. The molecule has 170 valence electrons. The quantitative estimate of drug-likeness (QED) is 0.443. The fourth-order valence-corrected chi connectivity index (χ4v) is 6.14. The first-order valence-corrected chi connectivity index (χ1v) is 12.6. The minimum Gasteiger partial charge on any atom is -0.306 e. The smallest absolute Gasteiger partial charge is 0.234 e. The van der Waals surface area contributed by atoms with E-state index in [9.17, 15) is 4.79 Å². The Labute approximate surface area is 195 Å². The molecule has 4 rings (SSSR count). The van der Waals surface area contributed by atoms with Crippen LogP contribution in [0.1, 0.15) is 84.5 Å². The molecule has 0 fully saturated rings. The van der Waals surface area contributed by atoms with Crippen LogP contribution in [0.25, 0.3) is 0 Å². The molecule has 1 aliphatic rings. The Hall–Kier alpha value is -2.47. The molecule has 5 nitrogen and oxygen atoms in total. The molecule has 0 aromatic carbocycles. The van der Waals surface area contributed by atoms with Gasteiger partial charge >= 0.3 is 0 Å². The van der Waals surface area contributed by atoms with E-state index >= 15 is 0 Å². The summed E-state index contributed by atoms with van der Waals surface area (Å²) in [6.45, 7) is 12.1. The standard InChI is InChI=1S/C26H34N4OS/c1-6-21-18(5)32-24-10-8-9-22(25(21)24)26(31)30(16-19-13-28-29(7-2)15-19)20-11-12-23(17(3)4)27-14-20/h11-15,17,22H,6-10,16H2,1-5H3. The minimum absolute atomic E-state index is 0.0790. The van der Waals surface area contributed by atoms with E-state index < -0.39 is 0 Å². The van der Waals surface area contributed by atoms with Gasteiger partial charge in [0.25, 0.3) is 0 Å². The van der Waals surface area contributed by atoms with Crippen molar-refractivity contribution >= 4 is 22.9 Å². The summed E-state index contributed by atoms with van der Waals surface area (Å²) in [6.07, 6.45) is 9.83. The Morgan fingerprint density at radius 3 is 2.72 bits per heavy atom. The van der Waals surface area contributed by atoms with Gasteiger partial charge in [-0.15, -0.1) is 11.3 Å². The summed E-state index contributed by atoms with van der Waals surface area (Å²) in [5, 5.41) is 4.42. The van der Waals surface area contributed by atoms with Crippen molar-refractivity contribution in [1.82, 2.24) is 14.8 Å². The molecule has 0 saturated heterocycles. The number of pyridine rings is 1. The number of aromatic nitrogens is 3. The van der Waals surface area contributed by atoms with Gasteiger partial charge in [0.15, 0.2) is 0 Å². The number of aryl methyl sites for hydroxylation is 3. The maximum absolute atomic E-state index is 14.1. The van der Waals surface area contributed by atoms with Crippen molar-refractivity contribution in [1.29, 1.82) is 0 Å². The van der Waals surface area contributed by atoms with E-state index in [4.69, 9.17) is 0 Å². The molecule has 1 amide bonds. The molecule has 0 spiro atoms. The lowest BCUT2D eigenvalue weighted by Gasteiger charge is -2.30. The number of hydrogen-bond acceptors (Lipinski definition) is 4. The molecule has 1 aliphatic carbocycles. The Bertz CT molecular complexity index is 1080. The highest BCUT2D eigenvalue weighted by atomic mass is 32.1. The first-order chi connectivity index (χ1) is 15.4. The fourth-order valence-electron chi connectivity index (χ4n) is 4.77. The van der Waals surface area contributed by atoms with Crippen LogP contribution < -0.4 is 4.90 Å². The van der Waals surface area contributed by atoms with Crippen LogP contribution in [-0.4, -0.2) is 20.7 Å². The van der Waals surface area contributed by atoms with Crippen molar-refractivity contribution in [2.75, 3.05) is 4.90 Å². The van der Waals surface area contributed by atoms with E-state index in [0.29, 0.717) is 12.5 Å². The lowest BCUT2D eigenvalue weighted by molar-refractivity contribution is -0.120. The second-order valence-corrected chi connectivity index (χ2v) is 10.3. The molecule has 3 aromatic rings. The van der Waals surface area contributed by atoms with Crippen LogP contribution in [0.5, 0.6) is 0 Å².